The van der Waals surface area contributed by atoms with E-state index in [-0.39, 0.29) is 6.61 Å². The maximum atomic E-state index is 13.6. The second-order valence-electron chi connectivity index (χ2n) is 4.26. The van der Waals surface area contributed by atoms with Gasteiger partial charge < -0.3 is 4.74 Å². The van der Waals surface area contributed by atoms with E-state index >= 15 is 0 Å². The van der Waals surface area contributed by atoms with Crippen LogP contribution >= 0.6 is 11.6 Å². The van der Waals surface area contributed by atoms with Gasteiger partial charge in [-0.15, -0.1) is 0 Å². The topological polar surface area (TPSA) is 26.3 Å². The number of allylic oxidation sites excluding steroid dienone is 2. The molecule has 0 aliphatic carbocycles. The Labute approximate surface area is 122 Å². The van der Waals surface area contributed by atoms with E-state index in [0.717, 1.165) is 5.56 Å². The second-order valence-corrected chi connectivity index (χ2v) is 4.67. The average Bonchev–Trinajstić information content (AvgIpc) is 2.39. The molecule has 1 rings (SSSR count). The van der Waals surface area contributed by atoms with Gasteiger partial charge in [0.2, 0.25) is 0 Å². The number of carbonyl (C=O) groups is 1. The molecule has 0 saturated heterocycles. The van der Waals surface area contributed by atoms with E-state index < -0.39 is 23.3 Å². The number of rotatable bonds is 7. The summed E-state index contributed by atoms with van der Waals surface area (Å²) in [4.78, 5) is 11.1. The van der Waals surface area contributed by atoms with Crippen LogP contribution in [-0.4, -0.2) is 18.5 Å². The van der Waals surface area contributed by atoms with Crippen LogP contribution in [0.4, 0.5) is 8.78 Å². The van der Waals surface area contributed by atoms with Crippen molar-refractivity contribution in [2.45, 2.75) is 32.1 Å². The molecule has 110 valence electrons. The monoisotopic (exact) mass is 302 g/mol. The fourth-order valence-corrected chi connectivity index (χ4v) is 1.81. The number of aryl methyl sites for hydroxylation is 1. The maximum absolute atomic E-state index is 13.6. The first-order valence-corrected chi connectivity index (χ1v) is 6.77. The van der Waals surface area contributed by atoms with Crippen molar-refractivity contribution in [1.82, 2.24) is 0 Å². The Balaban J connectivity index is 2.52. The van der Waals surface area contributed by atoms with E-state index in [1.807, 2.05) is 30.3 Å². The van der Waals surface area contributed by atoms with E-state index in [1.54, 1.807) is 6.92 Å². The van der Waals surface area contributed by atoms with Gasteiger partial charge in [0.15, 0.2) is 0 Å². The van der Waals surface area contributed by atoms with Crippen molar-refractivity contribution in [3.63, 3.8) is 0 Å². The third-order valence-corrected chi connectivity index (χ3v) is 3.05. The van der Waals surface area contributed by atoms with Crippen molar-refractivity contribution in [1.29, 1.82) is 0 Å². The lowest BCUT2D eigenvalue weighted by molar-refractivity contribution is -0.148. The summed E-state index contributed by atoms with van der Waals surface area (Å²) >= 11 is 5.59. The van der Waals surface area contributed by atoms with Crippen LogP contribution in [0, 0.1) is 0 Å². The van der Waals surface area contributed by atoms with E-state index in [0.29, 0.717) is 12.8 Å². The third kappa shape index (κ3) is 5.70. The van der Waals surface area contributed by atoms with Crippen LogP contribution in [0.2, 0.25) is 0 Å². The van der Waals surface area contributed by atoms with Crippen LogP contribution in [0.3, 0.4) is 0 Å². The largest absolute Gasteiger partial charge is 0.466 e. The highest BCUT2D eigenvalue weighted by Gasteiger charge is 2.36. The molecule has 1 aromatic carbocycles. The minimum absolute atomic E-state index is 0.0737. The summed E-state index contributed by atoms with van der Waals surface area (Å²) in [5.41, 5.74) is 1.04. The molecule has 0 heterocycles. The Morgan fingerprint density at radius 2 is 2.00 bits per heavy atom. The molecule has 0 saturated carbocycles. The maximum Gasteiger partial charge on any atom is 0.312 e. The van der Waals surface area contributed by atoms with Crippen LogP contribution in [0.15, 0.2) is 41.4 Å². The van der Waals surface area contributed by atoms with Gasteiger partial charge in [0.05, 0.1) is 11.6 Å². The summed E-state index contributed by atoms with van der Waals surface area (Å²) in [6.45, 7) is 1.64. The molecule has 2 nitrogen and oxygen atoms in total. The highest BCUT2D eigenvalue weighted by atomic mass is 35.5. The Bertz CT molecular complexity index is 458. The fourth-order valence-electron chi connectivity index (χ4n) is 1.64. The zero-order valence-electron chi connectivity index (χ0n) is 11.2. The fraction of sp³-hybridized carbons (Fsp3) is 0.400. The number of hydrogen-bond acceptors (Lipinski definition) is 2. The van der Waals surface area contributed by atoms with Crippen LogP contribution in [0.25, 0.3) is 0 Å². The summed E-state index contributed by atoms with van der Waals surface area (Å²) in [6.07, 6.45) is 1.24. The molecule has 0 aliphatic rings. The first kappa shape index (κ1) is 16.6. The highest BCUT2D eigenvalue weighted by molar-refractivity contribution is 6.30. The van der Waals surface area contributed by atoms with Gasteiger partial charge in [-0.2, -0.15) is 8.78 Å². The van der Waals surface area contributed by atoms with Crippen LogP contribution in [0.1, 0.15) is 25.3 Å². The molecule has 0 aromatic heterocycles. The number of esters is 1. The molecule has 0 spiro atoms. The summed E-state index contributed by atoms with van der Waals surface area (Å²) < 4.78 is 31.7. The van der Waals surface area contributed by atoms with Crippen molar-refractivity contribution in [2.75, 3.05) is 6.61 Å². The predicted octanol–water partition coefficient (Wildman–Crippen LogP) is 4.33. The normalized spacial score (nSPS) is 12.3. The zero-order chi connectivity index (χ0) is 15.0. The Morgan fingerprint density at radius 3 is 2.60 bits per heavy atom. The molecule has 0 bridgehead atoms. The number of alkyl halides is 2. The molecule has 1 aromatic rings. The van der Waals surface area contributed by atoms with Crippen LogP contribution in [0.5, 0.6) is 0 Å². The summed E-state index contributed by atoms with van der Waals surface area (Å²) in [5.74, 6) is -4.32. The van der Waals surface area contributed by atoms with E-state index in [2.05, 4.69) is 4.74 Å². The number of benzene rings is 1. The number of hydrogen-bond donors (Lipinski definition) is 0. The van der Waals surface area contributed by atoms with E-state index in [4.69, 9.17) is 11.6 Å². The first-order valence-electron chi connectivity index (χ1n) is 6.39. The molecule has 5 heteroatoms. The lowest BCUT2D eigenvalue weighted by Gasteiger charge is -2.14. The van der Waals surface area contributed by atoms with Crippen molar-refractivity contribution < 1.29 is 18.3 Å². The SMILES string of the molecule is CCOC(=O)CC(F)(F)/C(Cl)=C/CCc1ccccc1. The third-order valence-electron chi connectivity index (χ3n) is 2.62. The van der Waals surface area contributed by atoms with Crippen LogP contribution in [-0.2, 0) is 16.0 Å². The van der Waals surface area contributed by atoms with E-state index in [9.17, 15) is 13.6 Å². The van der Waals surface area contributed by atoms with Gasteiger partial charge in [-0.25, -0.2) is 0 Å². The Hall–Kier alpha value is -1.42. The molecule has 0 fully saturated rings. The van der Waals surface area contributed by atoms with Crippen molar-refractivity contribution in [3.8, 4) is 0 Å². The summed E-state index contributed by atoms with van der Waals surface area (Å²) in [6, 6.07) is 9.49. The minimum Gasteiger partial charge on any atom is -0.466 e. The van der Waals surface area contributed by atoms with Crippen molar-refractivity contribution in [2.24, 2.45) is 0 Å². The summed E-state index contributed by atoms with van der Waals surface area (Å²) in [5, 5.41) is -0.610. The Kier molecular flexibility index (Phi) is 6.65. The number of ether oxygens (including phenoxy) is 1. The molecule has 0 radical (unpaired) electrons. The average molecular weight is 303 g/mol. The lowest BCUT2D eigenvalue weighted by atomic mass is 10.1. The van der Waals surface area contributed by atoms with Gasteiger partial charge in [0.1, 0.15) is 6.42 Å². The van der Waals surface area contributed by atoms with Gasteiger partial charge in [-0.1, -0.05) is 48.0 Å². The van der Waals surface area contributed by atoms with Gasteiger partial charge in [0, 0.05) is 0 Å². The molecular weight excluding hydrogens is 286 g/mol. The van der Waals surface area contributed by atoms with Gasteiger partial charge in [-0.05, 0) is 25.3 Å². The van der Waals surface area contributed by atoms with Gasteiger partial charge in [-0.3, -0.25) is 4.79 Å². The zero-order valence-corrected chi connectivity index (χ0v) is 12.0. The molecule has 0 N–H and O–H groups in total. The highest BCUT2D eigenvalue weighted by Crippen LogP contribution is 2.31. The molecule has 0 unspecified atom stereocenters. The van der Waals surface area contributed by atoms with E-state index in [1.165, 1.54) is 6.08 Å². The molecule has 0 aliphatic heterocycles. The minimum atomic E-state index is -3.37. The quantitative estimate of drug-likeness (QED) is 0.701. The second kappa shape index (κ2) is 8.00. The van der Waals surface area contributed by atoms with Crippen LogP contribution < -0.4 is 0 Å². The van der Waals surface area contributed by atoms with Gasteiger partial charge in [0.25, 0.3) is 5.92 Å². The molecule has 0 amide bonds. The molecular formula is C15H17ClF2O2. The van der Waals surface area contributed by atoms with Crippen molar-refractivity contribution >= 4 is 17.6 Å². The number of carbonyl (C=O) groups excluding carboxylic acids is 1. The smallest absolute Gasteiger partial charge is 0.312 e. The van der Waals surface area contributed by atoms with Gasteiger partial charge >= 0.3 is 5.97 Å². The molecule has 20 heavy (non-hydrogen) atoms. The number of halogens is 3. The lowest BCUT2D eigenvalue weighted by Crippen LogP contribution is -2.23. The van der Waals surface area contributed by atoms with Crippen molar-refractivity contribution in [3.05, 3.63) is 47.0 Å². The molecule has 0 atom stereocenters. The summed E-state index contributed by atoms with van der Waals surface area (Å²) in [7, 11) is 0. The standard InChI is InChI=1S/C15H17ClF2O2/c1-2-20-14(19)11-15(17,18)13(16)10-6-9-12-7-4-3-5-8-12/h3-5,7-8,10H,2,6,9,11H2,1H3/b13-10-. The first-order chi connectivity index (χ1) is 9.45. The predicted molar refractivity (Wildman–Crippen MR) is 74.9 cm³/mol. The Morgan fingerprint density at radius 1 is 1.35 bits per heavy atom.